The monoisotopic (exact) mass is 242 g/mol. The molecule has 0 aliphatic heterocycles. The van der Waals surface area contributed by atoms with Gasteiger partial charge in [-0.05, 0) is 32.6 Å². The molecule has 0 heterocycles. The van der Waals surface area contributed by atoms with Crippen molar-refractivity contribution in [3.8, 4) is 0 Å². The predicted octanol–water partition coefficient (Wildman–Crippen LogP) is 0.600. The van der Waals surface area contributed by atoms with Crippen molar-refractivity contribution in [1.29, 1.82) is 0 Å². The minimum Gasteiger partial charge on any atom is -0.394 e. The molecule has 1 unspecified atom stereocenters. The number of nitrogens with one attached hydrogen (secondary N) is 1. The van der Waals surface area contributed by atoms with E-state index < -0.39 is 0 Å². The number of ether oxygens (including phenoxy) is 1. The van der Waals surface area contributed by atoms with Crippen molar-refractivity contribution in [3.63, 3.8) is 0 Å². The second-order valence-electron chi connectivity index (χ2n) is 5.83. The van der Waals surface area contributed by atoms with Gasteiger partial charge in [-0.1, -0.05) is 0 Å². The van der Waals surface area contributed by atoms with Gasteiger partial charge in [-0.25, -0.2) is 0 Å². The van der Waals surface area contributed by atoms with Crippen molar-refractivity contribution >= 4 is 0 Å². The zero-order chi connectivity index (χ0) is 12.3. The van der Waals surface area contributed by atoms with Crippen molar-refractivity contribution in [3.05, 3.63) is 0 Å². The zero-order valence-corrected chi connectivity index (χ0v) is 11.1. The van der Waals surface area contributed by atoms with E-state index >= 15 is 0 Å². The molecule has 2 fully saturated rings. The van der Waals surface area contributed by atoms with Gasteiger partial charge in [-0.15, -0.1) is 0 Å². The standard InChI is InChI=1S/C13H26N2O2/c1-13(10-16,14-11-3-4-11)9-15(7-8-17-2)12-5-6-12/h11-12,14,16H,3-10H2,1-2H3. The topological polar surface area (TPSA) is 44.7 Å². The summed E-state index contributed by atoms with van der Waals surface area (Å²) in [6, 6.07) is 1.35. The van der Waals surface area contributed by atoms with Crippen molar-refractivity contribution in [2.75, 3.05) is 33.4 Å². The van der Waals surface area contributed by atoms with E-state index in [4.69, 9.17) is 4.74 Å². The molecule has 2 saturated carbocycles. The number of methoxy groups -OCH3 is 1. The number of aliphatic hydroxyl groups is 1. The lowest BCUT2D eigenvalue weighted by Crippen LogP contribution is -2.55. The Morgan fingerprint density at radius 1 is 1.35 bits per heavy atom. The average molecular weight is 242 g/mol. The van der Waals surface area contributed by atoms with E-state index in [2.05, 4.69) is 17.1 Å². The Hall–Kier alpha value is -0.160. The third-order valence-electron chi connectivity index (χ3n) is 3.68. The highest BCUT2D eigenvalue weighted by molar-refractivity contribution is 4.97. The van der Waals surface area contributed by atoms with E-state index in [1.807, 2.05) is 0 Å². The highest BCUT2D eigenvalue weighted by Gasteiger charge is 2.37. The molecule has 0 amide bonds. The van der Waals surface area contributed by atoms with Crippen molar-refractivity contribution < 1.29 is 9.84 Å². The van der Waals surface area contributed by atoms with E-state index in [-0.39, 0.29) is 12.1 Å². The first-order chi connectivity index (χ1) is 8.17. The number of aliphatic hydroxyl groups excluding tert-OH is 1. The minimum atomic E-state index is -0.155. The van der Waals surface area contributed by atoms with Crippen LogP contribution in [0.2, 0.25) is 0 Å². The van der Waals surface area contributed by atoms with Crippen LogP contribution in [0, 0.1) is 0 Å². The van der Waals surface area contributed by atoms with Gasteiger partial charge in [0.1, 0.15) is 0 Å². The highest BCUT2D eigenvalue weighted by Crippen LogP contribution is 2.29. The molecule has 0 radical (unpaired) electrons. The van der Waals surface area contributed by atoms with E-state index in [1.54, 1.807) is 7.11 Å². The van der Waals surface area contributed by atoms with Gasteiger partial charge in [-0.3, -0.25) is 4.90 Å². The second-order valence-corrected chi connectivity index (χ2v) is 5.83. The molecule has 0 spiro atoms. The summed E-state index contributed by atoms with van der Waals surface area (Å²) in [5, 5.41) is 13.2. The summed E-state index contributed by atoms with van der Waals surface area (Å²) in [5.41, 5.74) is -0.155. The van der Waals surface area contributed by atoms with Gasteiger partial charge in [0, 0.05) is 32.3 Å². The van der Waals surface area contributed by atoms with Gasteiger partial charge in [0.15, 0.2) is 0 Å². The maximum Gasteiger partial charge on any atom is 0.0623 e. The predicted molar refractivity (Wildman–Crippen MR) is 68.1 cm³/mol. The highest BCUT2D eigenvalue weighted by atomic mass is 16.5. The fourth-order valence-electron chi connectivity index (χ4n) is 2.35. The first-order valence-corrected chi connectivity index (χ1v) is 6.78. The molecule has 0 bridgehead atoms. The lowest BCUT2D eigenvalue weighted by molar-refractivity contribution is 0.0896. The molecule has 2 rings (SSSR count). The fraction of sp³-hybridized carbons (Fsp3) is 1.00. The van der Waals surface area contributed by atoms with Crippen LogP contribution in [-0.4, -0.2) is 61.0 Å². The van der Waals surface area contributed by atoms with Gasteiger partial charge in [0.2, 0.25) is 0 Å². The lowest BCUT2D eigenvalue weighted by Gasteiger charge is -2.35. The van der Waals surface area contributed by atoms with Crippen LogP contribution in [0.25, 0.3) is 0 Å². The second kappa shape index (κ2) is 5.65. The summed E-state index contributed by atoms with van der Waals surface area (Å²) >= 11 is 0. The lowest BCUT2D eigenvalue weighted by atomic mass is 10.0. The number of nitrogens with zero attached hydrogens (tertiary/aromatic N) is 1. The van der Waals surface area contributed by atoms with Crippen molar-refractivity contribution in [1.82, 2.24) is 10.2 Å². The number of hydrogen-bond acceptors (Lipinski definition) is 4. The summed E-state index contributed by atoms with van der Waals surface area (Å²) in [6.45, 7) is 5.02. The van der Waals surface area contributed by atoms with E-state index in [9.17, 15) is 5.11 Å². The van der Waals surface area contributed by atoms with E-state index in [0.29, 0.717) is 6.04 Å². The normalized spacial score (nSPS) is 24.0. The van der Waals surface area contributed by atoms with Crippen molar-refractivity contribution in [2.24, 2.45) is 0 Å². The van der Waals surface area contributed by atoms with Gasteiger partial charge >= 0.3 is 0 Å². The van der Waals surface area contributed by atoms with Gasteiger partial charge in [-0.2, -0.15) is 0 Å². The Morgan fingerprint density at radius 2 is 2.06 bits per heavy atom. The molecule has 2 aliphatic carbocycles. The molecule has 0 aromatic carbocycles. The summed E-state index contributed by atoms with van der Waals surface area (Å²) in [7, 11) is 1.75. The maximum atomic E-state index is 9.62. The zero-order valence-electron chi connectivity index (χ0n) is 11.1. The molecular weight excluding hydrogens is 216 g/mol. The molecule has 4 nitrogen and oxygen atoms in total. The molecule has 4 heteroatoms. The van der Waals surface area contributed by atoms with E-state index in [0.717, 1.165) is 25.7 Å². The third kappa shape index (κ3) is 4.21. The van der Waals surface area contributed by atoms with Crippen LogP contribution in [0.3, 0.4) is 0 Å². The smallest absolute Gasteiger partial charge is 0.0623 e. The molecular formula is C13H26N2O2. The van der Waals surface area contributed by atoms with Gasteiger partial charge < -0.3 is 15.2 Å². The van der Waals surface area contributed by atoms with Gasteiger partial charge in [0.25, 0.3) is 0 Å². The largest absolute Gasteiger partial charge is 0.394 e. The Labute approximate surface area is 104 Å². The molecule has 17 heavy (non-hydrogen) atoms. The van der Waals surface area contributed by atoms with Crippen LogP contribution < -0.4 is 5.32 Å². The summed E-state index contributed by atoms with van der Waals surface area (Å²) < 4.78 is 5.17. The third-order valence-corrected chi connectivity index (χ3v) is 3.68. The van der Waals surface area contributed by atoms with Crippen LogP contribution in [0.1, 0.15) is 32.6 Å². The molecule has 2 N–H and O–H groups in total. The molecule has 100 valence electrons. The Morgan fingerprint density at radius 3 is 2.53 bits per heavy atom. The summed E-state index contributed by atoms with van der Waals surface area (Å²) in [4.78, 5) is 2.47. The molecule has 2 aliphatic rings. The Balaban J connectivity index is 1.84. The number of rotatable bonds is 9. The fourth-order valence-corrected chi connectivity index (χ4v) is 2.35. The van der Waals surface area contributed by atoms with E-state index in [1.165, 1.54) is 25.7 Å². The maximum absolute atomic E-state index is 9.62. The summed E-state index contributed by atoms with van der Waals surface area (Å²) in [6.07, 6.45) is 5.12. The SMILES string of the molecule is COCCN(CC(C)(CO)NC1CC1)C1CC1. The quantitative estimate of drug-likeness (QED) is 0.621. The van der Waals surface area contributed by atoms with Crippen LogP contribution in [0.4, 0.5) is 0 Å². The van der Waals surface area contributed by atoms with Crippen molar-refractivity contribution in [2.45, 2.75) is 50.2 Å². The molecule has 0 saturated heterocycles. The van der Waals surface area contributed by atoms with Crippen LogP contribution >= 0.6 is 0 Å². The van der Waals surface area contributed by atoms with Crippen LogP contribution in [0.5, 0.6) is 0 Å². The number of hydrogen-bond donors (Lipinski definition) is 2. The van der Waals surface area contributed by atoms with Gasteiger partial charge in [0.05, 0.1) is 18.8 Å². The molecule has 0 aromatic heterocycles. The van der Waals surface area contributed by atoms with Crippen LogP contribution in [0.15, 0.2) is 0 Å². The Bertz CT molecular complexity index is 242. The molecule has 0 aromatic rings. The summed E-state index contributed by atoms with van der Waals surface area (Å²) in [5.74, 6) is 0. The average Bonchev–Trinajstić information content (AvgIpc) is 3.15. The first-order valence-electron chi connectivity index (χ1n) is 6.78. The minimum absolute atomic E-state index is 0.155. The molecule has 1 atom stereocenters. The Kier molecular flexibility index (Phi) is 4.42. The van der Waals surface area contributed by atoms with Crippen LogP contribution in [-0.2, 0) is 4.74 Å². The first kappa shape index (κ1) is 13.3.